The average molecular weight is 125 g/mol. The van der Waals surface area contributed by atoms with Gasteiger partial charge in [0.25, 0.3) is 0 Å². The summed E-state index contributed by atoms with van der Waals surface area (Å²) >= 11 is 0. The van der Waals surface area contributed by atoms with Crippen LogP contribution in [0.4, 0.5) is 0 Å². The van der Waals surface area contributed by atoms with Crippen molar-refractivity contribution >= 4 is 51.4 Å². The van der Waals surface area contributed by atoms with Gasteiger partial charge in [0.2, 0.25) is 0 Å². The van der Waals surface area contributed by atoms with Crippen LogP contribution in [0.5, 0.6) is 0 Å². The second kappa shape index (κ2) is 7.64. The predicted octanol–water partition coefficient (Wildman–Crippen LogP) is 2.06. The summed E-state index contributed by atoms with van der Waals surface area (Å²) in [6.45, 7) is 6.74. The summed E-state index contributed by atoms with van der Waals surface area (Å²) < 4.78 is 0. The molecule has 0 aromatic carbocycles. The average Bonchev–Trinajstić information content (AvgIpc) is 1.65. The molecule has 0 heterocycles. The summed E-state index contributed by atoms with van der Waals surface area (Å²) in [5, 5.41) is 0. The van der Waals surface area contributed by atoms with Crippen LogP contribution in [0.25, 0.3) is 0 Å². The van der Waals surface area contributed by atoms with Crippen LogP contribution in [0, 0.1) is 5.92 Å². The summed E-state index contributed by atoms with van der Waals surface area (Å²) in [4.78, 5) is 0. The first kappa shape index (κ1) is 11.4. The molecule has 1 radical (unpaired) electrons. The quantitative estimate of drug-likeness (QED) is 0.496. The second-order valence-electron chi connectivity index (χ2n) is 1.92. The molecule has 1 heteroatoms. The normalized spacial score (nSPS) is 8.57. The van der Waals surface area contributed by atoms with Gasteiger partial charge in [0.1, 0.15) is 0 Å². The van der Waals surface area contributed by atoms with Gasteiger partial charge in [-0.15, -0.1) is 0 Å². The third kappa shape index (κ3) is 7.64. The first-order valence-electron chi connectivity index (χ1n) is 2.81. The van der Waals surface area contributed by atoms with Gasteiger partial charge >= 0.3 is 0 Å². The van der Waals surface area contributed by atoms with E-state index in [9.17, 15) is 0 Å². The third-order valence-corrected chi connectivity index (χ3v) is 1.39. The summed E-state index contributed by atoms with van der Waals surface area (Å²) in [6.07, 6.45) is 2.66. The monoisotopic (exact) mass is 125 g/mol. The molecule has 39 valence electrons. The van der Waals surface area contributed by atoms with Gasteiger partial charge < -0.3 is 0 Å². The van der Waals surface area contributed by atoms with Gasteiger partial charge in [-0.05, 0) is 5.92 Å². The van der Waals surface area contributed by atoms with Gasteiger partial charge in [0, 0.05) is 51.4 Å². The van der Waals surface area contributed by atoms with E-state index in [1.165, 1.54) is 12.8 Å². The maximum Gasteiger partial charge on any atom is 0 e. The Bertz CT molecular complexity index is 23.4. The molecule has 0 atom stereocenters. The Morgan fingerprint density at radius 2 is 1.43 bits per heavy atom. The fraction of sp³-hybridized carbons (Fsp3) is 1.00. The van der Waals surface area contributed by atoms with E-state index >= 15 is 0 Å². The van der Waals surface area contributed by atoms with E-state index in [-0.39, 0.29) is 51.4 Å². The molecule has 0 aliphatic rings. The maximum atomic E-state index is 2.28. The molecule has 0 fully saturated rings. The molecule has 0 aromatic heterocycles. The molecule has 0 saturated heterocycles. The molecule has 0 bridgehead atoms. The molecular weight excluding hydrogens is 111 g/mol. The van der Waals surface area contributed by atoms with E-state index < -0.39 is 0 Å². The molecule has 0 aliphatic carbocycles. The zero-order valence-corrected chi connectivity index (χ0v) is 9.11. The second-order valence-corrected chi connectivity index (χ2v) is 1.92. The molecule has 0 unspecified atom stereocenters. The van der Waals surface area contributed by atoms with Crippen molar-refractivity contribution in [2.24, 2.45) is 5.92 Å². The minimum Gasteiger partial charge on any atom is -0.0651 e. The molecule has 0 aliphatic heterocycles. The first-order chi connectivity index (χ1) is 2.81. The minimum atomic E-state index is 0. The Kier molecular flexibility index (Phi) is 12.5. The van der Waals surface area contributed by atoms with Crippen LogP contribution in [-0.4, -0.2) is 51.4 Å². The van der Waals surface area contributed by atoms with Crippen molar-refractivity contribution in [3.8, 4) is 0 Å². The molecule has 0 amide bonds. The molecule has 0 aromatic rings. The van der Waals surface area contributed by atoms with Crippen molar-refractivity contribution in [1.82, 2.24) is 0 Å². The van der Waals surface area contributed by atoms with Gasteiger partial charge in [0.15, 0.2) is 0 Å². The van der Waals surface area contributed by atoms with Crippen LogP contribution in [0.3, 0.4) is 0 Å². The van der Waals surface area contributed by atoms with E-state index in [1.54, 1.807) is 0 Å². The summed E-state index contributed by atoms with van der Waals surface area (Å²) in [7, 11) is 0. The predicted molar refractivity (Wildman–Crippen MR) is 35.5 cm³/mol. The van der Waals surface area contributed by atoms with E-state index in [0.717, 1.165) is 5.92 Å². The van der Waals surface area contributed by atoms with Crippen molar-refractivity contribution in [3.05, 3.63) is 0 Å². The molecular formula is C6H14K. The van der Waals surface area contributed by atoms with Crippen LogP contribution in [0.15, 0.2) is 0 Å². The van der Waals surface area contributed by atoms with Crippen LogP contribution >= 0.6 is 0 Å². The van der Waals surface area contributed by atoms with E-state index in [0.29, 0.717) is 0 Å². The fourth-order valence-electron chi connectivity index (χ4n) is 0.289. The van der Waals surface area contributed by atoms with Crippen LogP contribution in [0.2, 0.25) is 0 Å². The largest absolute Gasteiger partial charge is 0.0651 e. The minimum absolute atomic E-state index is 0. The van der Waals surface area contributed by atoms with E-state index in [1.807, 2.05) is 0 Å². The molecule has 0 spiro atoms. The number of hydrogen-bond donors (Lipinski definition) is 0. The molecule has 0 saturated carbocycles. The Morgan fingerprint density at radius 3 is 1.43 bits per heavy atom. The van der Waals surface area contributed by atoms with Gasteiger partial charge in [-0.25, -0.2) is 0 Å². The molecule has 0 rings (SSSR count). The number of rotatable bonds is 2. The van der Waals surface area contributed by atoms with Crippen molar-refractivity contribution < 1.29 is 0 Å². The zero-order valence-electron chi connectivity index (χ0n) is 5.99. The topological polar surface area (TPSA) is 0 Å². The third-order valence-electron chi connectivity index (χ3n) is 1.39. The van der Waals surface area contributed by atoms with Crippen LogP contribution in [-0.2, 0) is 0 Å². The summed E-state index contributed by atoms with van der Waals surface area (Å²) in [5.41, 5.74) is 0. The molecule has 7 heavy (non-hydrogen) atoms. The maximum absolute atomic E-state index is 2.28. The smallest absolute Gasteiger partial charge is 0 e. The molecule has 0 N–H and O–H groups in total. The standard InChI is InChI=1S/C6H14.K/c1-4-6(3)5-2;/h6H,4-5H2,1-3H3;. The van der Waals surface area contributed by atoms with Crippen molar-refractivity contribution in [1.29, 1.82) is 0 Å². The van der Waals surface area contributed by atoms with Crippen molar-refractivity contribution in [2.45, 2.75) is 33.6 Å². The van der Waals surface area contributed by atoms with Crippen molar-refractivity contribution in [2.75, 3.05) is 0 Å². The zero-order chi connectivity index (χ0) is 4.99. The van der Waals surface area contributed by atoms with Gasteiger partial charge in [-0.3, -0.25) is 0 Å². The van der Waals surface area contributed by atoms with Crippen LogP contribution < -0.4 is 0 Å². The van der Waals surface area contributed by atoms with Crippen LogP contribution in [0.1, 0.15) is 33.6 Å². The van der Waals surface area contributed by atoms with E-state index in [2.05, 4.69) is 20.8 Å². The van der Waals surface area contributed by atoms with Gasteiger partial charge in [-0.2, -0.15) is 0 Å². The Hall–Kier alpha value is 1.64. The first-order valence-corrected chi connectivity index (χ1v) is 2.81. The SMILES string of the molecule is CCC(C)CC.[K]. The Labute approximate surface area is 89.5 Å². The van der Waals surface area contributed by atoms with Gasteiger partial charge in [-0.1, -0.05) is 33.6 Å². The summed E-state index contributed by atoms with van der Waals surface area (Å²) in [6, 6.07) is 0. The van der Waals surface area contributed by atoms with E-state index in [4.69, 9.17) is 0 Å². The number of hydrogen-bond acceptors (Lipinski definition) is 0. The molecule has 0 nitrogen and oxygen atoms in total. The Morgan fingerprint density at radius 1 is 1.14 bits per heavy atom. The summed E-state index contributed by atoms with van der Waals surface area (Å²) in [5.74, 6) is 0.935. The van der Waals surface area contributed by atoms with Crippen molar-refractivity contribution in [3.63, 3.8) is 0 Å². The fourth-order valence-corrected chi connectivity index (χ4v) is 0.289. The van der Waals surface area contributed by atoms with Gasteiger partial charge in [0.05, 0.1) is 0 Å². The Balaban J connectivity index is 0.